The molecule has 31 heavy (non-hydrogen) atoms. The van der Waals surface area contributed by atoms with Crippen LogP contribution >= 0.6 is 24.0 Å². The molecule has 4 rings (SSSR count). The molecule has 1 aliphatic rings. The van der Waals surface area contributed by atoms with Crippen LogP contribution in [0.25, 0.3) is 5.69 Å². The van der Waals surface area contributed by atoms with Gasteiger partial charge in [0, 0.05) is 45.1 Å². The quantitative estimate of drug-likeness (QED) is 0.296. The molecule has 0 saturated carbocycles. The Morgan fingerprint density at radius 3 is 2.52 bits per heavy atom. The van der Waals surface area contributed by atoms with Crippen LogP contribution < -0.4 is 15.5 Å². The molecule has 1 saturated heterocycles. The molecule has 2 heterocycles. The van der Waals surface area contributed by atoms with Crippen LogP contribution in [0.5, 0.6) is 0 Å². The molecule has 6 nitrogen and oxygen atoms in total. The van der Waals surface area contributed by atoms with Gasteiger partial charge in [-0.25, -0.2) is 13.5 Å². The van der Waals surface area contributed by atoms with Crippen molar-refractivity contribution in [1.82, 2.24) is 20.4 Å². The molecule has 0 aliphatic carbocycles. The van der Waals surface area contributed by atoms with Gasteiger partial charge in [0.2, 0.25) is 0 Å². The van der Waals surface area contributed by atoms with Crippen LogP contribution in [0.4, 0.5) is 14.5 Å². The number of halogens is 3. The maximum Gasteiger partial charge on any atom is 0.191 e. The van der Waals surface area contributed by atoms with E-state index in [0.29, 0.717) is 25.6 Å². The smallest absolute Gasteiger partial charge is 0.191 e. The van der Waals surface area contributed by atoms with Crippen LogP contribution in [-0.2, 0) is 6.54 Å². The molecule has 3 aromatic rings. The minimum atomic E-state index is -0.531. The van der Waals surface area contributed by atoms with Crippen molar-refractivity contribution in [3.8, 4) is 5.69 Å². The van der Waals surface area contributed by atoms with Gasteiger partial charge in [0.1, 0.15) is 17.3 Å². The van der Waals surface area contributed by atoms with E-state index in [9.17, 15) is 8.78 Å². The van der Waals surface area contributed by atoms with E-state index in [1.54, 1.807) is 18.1 Å². The van der Waals surface area contributed by atoms with Gasteiger partial charge < -0.3 is 15.5 Å². The predicted octanol–water partition coefficient (Wildman–Crippen LogP) is 3.71. The average Bonchev–Trinajstić information content (AvgIpc) is 3.44. The lowest BCUT2D eigenvalue weighted by molar-refractivity contribution is 0.576. The van der Waals surface area contributed by atoms with Gasteiger partial charge in [-0.05, 0) is 42.3 Å². The highest BCUT2D eigenvalue weighted by Gasteiger charge is 2.27. The van der Waals surface area contributed by atoms with Gasteiger partial charge in [-0.1, -0.05) is 18.2 Å². The summed E-state index contributed by atoms with van der Waals surface area (Å²) in [6.45, 7) is 1.70. The van der Waals surface area contributed by atoms with Crippen LogP contribution in [0.15, 0.2) is 65.9 Å². The molecule has 1 aliphatic heterocycles. The normalized spacial score (nSPS) is 16.2. The molecule has 1 atom stereocenters. The number of hydrogen-bond donors (Lipinski definition) is 2. The van der Waals surface area contributed by atoms with Crippen molar-refractivity contribution in [3.05, 3.63) is 78.1 Å². The van der Waals surface area contributed by atoms with Crippen LogP contribution in [0.2, 0.25) is 0 Å². The lowest BCUT2D eigenvalue weighted by Gasteiger charge is -2.21. The standard InChI is InChI=1S/C22H24F2N6.HI/c1-25-22(26-14-16-6-8-18(9-7-16)30-12-3-11-27-30)28-17-10-13-29(15-17)21-19(23)4-2-5-20(21)24;/h2-9,11-12,17H,10,13-15H2,1H3,(H2,25,26,28);1H. The van der Waals surface area contributed by atoms with E-state index in [2.05, 4.69) is 20.7 Å². The third-order valence-electron chi connectivity index (χ3n) is 5.17. The molecule has 9 heteroatoms. The van der Waals surface area contributed by atoms with E-state index in [4.69, 9.17) is 0 Å². The summed E-state index contributed by atoms with van der Waals surface area (Å²) in [6, 6.07) is 14.0. The molecule has 2 N–H and O–H groups in total. The highest BCUT2D eigenvalue weighted by molar-refractivity contribution is 14.0. The van der Waals surface area contributed by atoms with Gasteiger partial charge in [0.25, 0.3) is 0 Å². The highest BCUT2D eigenvalue weighted by atomic mass is 127. The summed E-state index contributed by atoms with van der Waals surface area (Å²) in [6.07, 6.45) is 4.42. The minimum absolute atomic E-state index is 0. The summed E-state index contributed by atoms with van der Waals surface area (Å²) in [5.41, 5.74) is 2.15. The number of anilines is 1. The Kier molecular flexibility index (Phi) is 7.83. The second-order valence-electron chi connectivity index (χ2n) is 7.19. The second kappa shape index (κ2) is 10.6. The summed E-state index contributed by atoms with van der Waals surface area (Å²) in [5, 5.41) is 10.9. The Morgan fingerprint density at radius 1 is 1.13 bits per heavy atom. The van der Waals surface area contributed by atoms with Crippen molar-refractivity contribution in [2.75, 3.05) is 25.0 Å². The number of benzene rings is 2. The number of aromatic nitrogens is 2. The van der Waals surface area contributed by atoms with E-state index >= 15 is 0 Å². The summed E-state index contributed by atoms with van der Waals surface area (Å²) in [4.78, 5) is 6.01. The first-order valence-electron chi connectivity index (χ1n) is 9.89. The zero-order chi connectivity index (χ0) is 20.9. The van der Waals surface area contributed by atoms with Gasteiger partial charge in [-0.3, -0.25) is 4.99 Å². The first-order chi connectivity index (χ1) is 14.6. The lowest BCUT2D eigenvalue weighted by atomic mass is 10.2. The summed E-state index contributed by atoms with van der Waals surface area (Å²) < 4.78 is 29.9. The number of nitrogens with one attached hydrogen (secondary N) is 2. The van der Waals surface area contributed by atoms with E-state index in [1.165, 1.54) is 18.2 Å². The van der Waals surface area contributed by atoms with Crippen LogP contribution in [0, 0.1) is 11.6 Å². The minimum Gasteiger partial charge on any atom is -0.365 e. The van der Waals surface area contributed by atoms with Gasteiger partial charge in [0.05, 0.1) is 5.69 Å². The molecular formula is C22H25F2IN6. The molecule has 1 unspecified atom stereocenters. The van der Waals surface area contributed by atoms with Crippen molar-refractivity contribution in [2.24, 2.45) is 4.99 Å². The Balaban J connectivity index is 0.00000272. The number of aliphatic imine (C=N–C) groups is 1. The molecule has 0 spiro atoms. The van der Waals surface area contributed by atoms with Crippen molar-refractivity contribution in [2.45, 2.75) is 19.0 Å². The van der Waals surface area contributed by atoms with Gasteiger partial charge in [0.15, 0.2) is 5.96 Å². The Bertz CT molecular complexity index is 987. The lowest BCUT2D eigenvalue weighted by Crippen LogP contribution is -2.44. The van der Waals surface area contributed by atoms with Gasteiger partial charge in [-0.15, -0.1) is 24.0 Å². The largest absolute Gasteiger partial charge is 0.365 e. The SMILES string of the molecule is CN=C(NCc1ccc(-n2cccn2)cc1)NC1CCN(c2c(F)cccc2F)C1.I. The fraction of sp³-hybridized carbons (Fsp3) is 0.273. The van der Waals surface area contributed by atoms with Crippen molar-refractivity contribution >= 4 is 35.6 Å². The van der Waals surface area contributed by atoms with E-state index < -0.39 is 11.6 Å². The van der Waals surface area contributed by atoms with Crippen molar-refractivity contribution in [1.29, 1.82) is 0 Å². The van der Waals surface area contributed by atoms with Crippen LogP contribution in [0.3, 0.4) is 0 Å². The molecule has 1 fully saturated rings. The highest BCUT2D eigenvalue weighted by Crippen LogP contribution is 2.26. The molecule has 0 radical (unpaired) electrons. The molecule has 0 bridgehead atoms. The molecule has 164 valence electrons. The summed E-state index contributed by atoms with van der Waals surface area (Å²) >= 11 is 0. The van der Waals surface area contributed by atoms with Crippen molar-refractivity contribution < 1.29 is 8.78 Å². The maximum absolute atomic E-state index is 14.0. The monoisotopic (exact) mass is 538 g/mol. The first kappa shape index (κ1) is 23.0. The second-order valence-corrected chi connectivity index (χ2v) is 7.19. The number of rotatable bonds is 5. The third-order valence-corrected chi connectivity index (χ3v) is 5.17. The fourth-order valence-corrected chi connectivity index (χ4v) is 3.63. The topological polar surface area (TPSA) is 57.5 Å². The Labute approximate surface area is 197 Å². The fourth-order valence-electron chi connectivity index (χ4n) is 3.63. The number of hydrogen-bond acceptors (Lipinski definition) is 3. The van der Waals surface area contributed by atoms with Gasteiger partial charge in [-0.2, -0.15) is 5.10 Å². The third kappa shape index (κ3) is 5.52. The number of guanidine groups is 1. The Morgan fingerprint density at radius 2 is 1.87 bits per heavy atom. The zero-order valence-corrected chi connectivity index (χ0v) is 19.5. The first-order valence-corrected chi connectivity index (χ1v) is 9.89. The van der Waals surface area contributed by atoms with Crippen LogP contribution in [0.1, 0.15) is 12.0 Å². The molecule has 2 aromatic carbocycles. The average molecular weight is 538 g/mol. The van der Waals surface area contributed by atoms with Gasteiger partial charge >= 0.3 is 0 Å². The van der Waals surface area contributed by atoms with Crippen molar-refractivity contribution in [3.63, 3.8) is 0 Å². The Hall–Kier alpha value is -2.69. The predicted molar refractivity (Wildman–Crippen MR) is 129 cm³/mol. The summed E-state index contributed by atoms with van der Waals surface area (Å²) in [7, 11) is 1.71. The number of para-hydroxylation sites is 1. The molecule has 0 amide bonds. The molecular weight excluding hydrogens is 513 g/mol. The van der Waals surface area contributed by atoms with E-state index in [-0.39, 0.29) is 35.7 Å². The molecule has 1 aromatic heterocycles. The van der Waals surface area contributed by atoms with E-state index in [0.717, 1.165) is 17.7 Å². The van der Waals surface area contributed by atoms with E-state index in [1.807, 2.05) is 41.2 Å². The number of nitrogens with zero attached hydrogens (tertiary/aromatic N) is 4. The zero-order valence-electron chi connectivity index (χ0n) is 17.1. The maximum atomic E-state index is 14.0. The van der Waals surface area contributed by atoms with Crippen LogP contribution in [-0.4, -0.2) is 41.9 Å². The summed E-state index contributed by atoms with van der Waals surface area (Å²) in [5.74, 6) is -0.402.